The number of ether oxygens (including phenoxy) is 2. The third kappa shape index (κ3) is 5.27. The largest absolute Gasteiger partial charge is 0.496 e. The van der Waals surface area contributed by atoms with Gasteiger partial charge in [-0.05, 0) is 79.9 Å². The van der Waals surface area contributed by atoms with Crippen molar-refractivity contribution in [3.63, 3.8) is 0 Å². The van der Waals surface area contributed by atoms with E-state index >= 15 is 0 Å². The molecule has 40 heavy (non-hydrogen) atoms. The Morgan fingerprint density at radius 3 is 2.20 bits per heavy atom. The third-order valence-corrected chi connectivity index (χ3v) is 8.07. The Morgan fingerprint density at radius 2 is 1.60 bits per heavy atom. The van der Waals surface area contributed by atoms with Crippen molar-refractivity contribution in [1.82, 2.24) is 4.90 Å². The van der Waals surface area contributed by atoms with Crippen LogP contribution in [-0.4, -0.2) is 49.7 Å². The van der Waals surface area contributed by atoms with E-state index in [0.29, 0.717) is 71.4 Å². The SMILES string of the molecule is COc1cc(N2CCC3(CCN(C(=O)c4ccc(Oc5ccc(Cl)cc5)cc4)CC3)C2=O)ccc1/C(C=N)=C/N. The van der Waals surface area contributed by atoms with Crippen LogP contribution in [0, 0.1) is 10.8 Å². The van der Waals surface area contributed by atoms with Crippen molar-refractivity contribution in [2.75, 3.05) is 31.6 Å². The number of nitrogens with one attached hydrogen (secondary N) is 1. The Morgan fingerprint density at radius 1 is 0.975 bits per heavy atom. The maximum absolute atomic E-state index is 13.7. The van der Waals surface area contributed by atoms with Crippen LogP contribution in [0.2, 0.25) is 5.02 Å². The number of hydrogen-bond acceptors (Lipinski definition) is 6. The molecule has 0 bridgehead atoms. The topological polar surface area (TPSA) is 109 Å². The lowest BCUT2D eigenvalue weighted by atomic mass is 9.77. The number of halogens is 1. The summed E-state index contributed by atoms with van der Waals surface area (Å²) in [6.45, 7) is 1.65. The molecule has 0 atom stereocenters. The van der Waals surface area contributed by atoms with Crippen LogP contribution in [0.15, 0.2) is 72.9 Å². The van der Waals surface area contributed by atoms with Crippen molar-refractivity contribution in [2.24, 2.45) is 11.1 Å². The predicted octanol–water partition coefficient (Wildman–Crippen LogP) is 5.75. The minimum absolute atomic E-state index is 0.0505. The summed E-state index contributed by atoms with van der Waals surface area (Å²) in [5.41, 5.74) is 7.75. The molecule has 2 aliphatic heterocycles. The summed E-state index contributed by atoms with van der Waals surface area (Å²) in [6, 6.07) is 19.7. The van der Waals surface area contributed by atoms with Gasteiger partial charge < -0.3 is 30.4 Å². The highest BCUT2D eigenvalue weighted by molar-refractivity contribution is 6.30. The Kier molecular flexibility index (Phi) is 7.80. The minimum Gasteiger partial charge on any atom is -0.496 e. The Labute approximate surface area is 238 Å². The number of allylic oxidation sites excluding steroid dienone is 1. The molecule has 2 fully saturated rings. The van der Waals surface area contributed by atoms with E-state index in [1.165, 1.54) is 12.4 Å². The van der Waals surface area contributed by atoms with Crippen molar-refractivity contribution in [1.29, 1.82) is 5.41 Å². The molecule has 3 N–H and O–H groups in total. The molecule has 2 amide bonds. The van der Waals surface area contributed by atoms with E-state index in [-0.39, 0.29) is 11.8 Å². The van der Waals surface area contributed by atoms with Gasteiger partial charge in [-0.2, -0.15) is 0 Å². The number of piperidine rings is 1. The molecule has 0 unspecified atom stereocenters. The van der Waals surface area contributed by atoms with Crippen molar-refractivity contribution in [2.45, 2.75) is 19.3 Å². The molecule has 8 nitrogen and oxygen atoms in total. The number of nitrogens with zero attached hydrogens (tertiary/aromatic N) is 2. The van der Waals surface area contributed by atoms with E-state index in [2.05, 4.69) is 0 Å². The molecule has 3 aromatic carbocycles. The molecule has 0 aliphatic carbocycles. The average molecular weight is 559 g/mol. The van der Waals surface area contributed by atoms with E-state index in [1.54, 1.807) is 60.5 Å². The van der Waals surface area contributed by atoms with Crippen LogP contribution in [0.25, 0.3) is 5.57 Å². The summed E-state index contributed by atoms with van der Waals surface area (Å²) in [4.78, 5) is 30.5. The first-order valence-electron chi connectivity index (χ1n) is 13.1. The lowest BCUT2D eigenvalue weighted by Crippen LogP contribution is -2.46. The molecule has 2 heterocycles. The van der Waals surface area contributed by atoms with Gasteiger partial charge in [0.1, 0.15) is 17.2 Å². The number of likely N-dealkylation sites (tertiary alicyclic amines) is 1. The summed E-state index contributed by atoms with van der Waals surface area (Å²) in [6.07, 6.45) is 4.51. The number of nitrogens with two attached hydrogens (primary N) is 1. The number of benzene rings is 3. The number of carbonyl (C=O) groups excluding carboxylic acids is 2. The van der Waals surface area contributed by atoms with Gasteiger partial charge in [-0.25, -0.2) is 0 Å². The van der Waals surface area contributed by atoms with Gasteiger partial charge in [0.2, 0.25) is 5.91 Å². The summed E-state index contributed by atoms with van der Waals surface area (Å²) < 4.78 is 11.4. The number of amides is 2. The van der Waals surface area contributed by atoms with Crippen molar-refractivity contribution < 1.29 is 19.1 Å². The zero-order valence-corrected chi connectivity index (χ0v) is 23.0. The van der Waals surface area contributed by atoms with Crippen LogP contribution in [0.3, 0.4) is 0 Å². The van der Waals surface area contributed by atoms with Gasteiger partial charge in [0, 0.05) is 65.5 Å². The molecule has 0 aromatic heterocycles. The van der Waals surface area contributed by atoms with Gasteiger partial charge in [0.25, 0.3) is 5.91 Å². The highest BCUT2D eigenvalue weighted by Crippen LogP contribution is 2.44. The first-order chi connectivity index (χ1) is 19.4. The van der Waals surface area contributed by atoms with E-state index in [1.807, 2.05) is 23.1 Å². The highest BCUT2D eigenvalue weighted by Gasteiger charge is 2.49. The second-order valence-electron chi connectivity index (χ2n) is 10.0. The van der Waals surface area contributed by atoms with E-state index in [9.17, 15) is 9.59 Å². The number of rotatable bonds is 7. The van der Waals surface area contributed by atoms with E-state index in [0.717, 1.165) is 12.1 Å². The molecule has 5 rings (SSSR count). The molecule has 0 radical (unpaired) electrons. The monoisotopic (exact) mass is 558 g/mol. The van der Waals surface area contributed by atoms with Crippen molar-refractivity contribution in [3.8, 4) is 17.2 Å². The van der Waals surface area contributed by atoms with Crippen LogP contribution in [-0.2, 0) is 4.79 Å². The Hall–Kier alpha value is -4.30. The predicted molar refractivity (Wildman–Crippen MR) is 156 cm³/mol. The highest BCUT2D eigenvalue weighted by atomic mass is 35.5. The zero-order chi connectivity index (χ0) is 28.3. The number of methoxy groups -OCH3 is 1. The number of anilines is 1. The average Bonchev–Trinajstić information content (AvgIpc) is 3.30. The van der Waals surface area contributed by atoms with Crippen molar-refractivity contribution in [3.05, 3.63) is 89.1 Å². The molecule has 3 aromatic rings. The molecular formula is C31H31ClN4O4. The number of hydrogen-bond donors (Lipinski definition) is 2. The minimum atomic E-state index is -0.476. The summed E-state index contributed by atoms with van der Waals surface area (Å²) in [7, 11) is 1.56. The molecular weight excluding hydrogens is 528 g/mol. The molecule has 0 saturated carbocycles. The molecule has 2 aliphatic rings. The Balaban J connectivity index is 1.22. The summed E-state index contributed by atoms with van der Waals surface area (Å²) in [5, 5.41) is 8.21. The smallest absolute Gasteiger partial charge is 0.253 e. The lowest BCUT2D eigenvalue weighted by molar-refractivity contribution is -0.127. The standard InChI is InChI=1S/C31H31ClN4O4/c1-39-28-18-24(6-11-27(28)22(19-33)20-34)36-17-14-31(30(36)38)12-15-35(16-13-31)29(37)21-2-7-25(8-3-21)40-26-9-4-23(32)5-10-26/h2-11,18-20,33H,12-17,34H2,1H3/b22-20+,33-19?. The van der Waals surface area contributed by atoms with Crippen LogP contribution in [0.1, 0.15) is 35.2 Å². The van der Waals surface area contributed by atoms with Gasteiger partial charge in [-0.1, -0.05) is 11.6 Å². The second kappa shape index (κ2) is 11.4. The second-order valence-corrected chi connectivity index (χ2v) is 10.4. The fraction of sp³-hybridized carbons (Fsp3) is 0.258. The van der Waals surface area contributed by atoms with Crippen LogP contribution in [0.4, 0.5) is 5.69 Å². The maximum atomic E-state index is 13.7. The fourth-order valence-electron chi connectivity index (χ4n) is 5.46. The Bertz CT molecular complexity index is 1450. The number of carbonyl (C=O) groups is 2. The van der Waals surface area contributed by atoms with Gasteiger partial charge in [0.05, 0.1) is 12.5 Å². The molecule has 1 spiro atoms. The maximum Gasteiger partial charge on any atom is 0.253 e. The summed E-state index contributed by atoms with van der Waals surface area (Å²) >= 11 is 5.93. The van der Waals surface area contributed by atoms with Gasteiger partial charge in [-0.15, -0.1) is 0 Å². The van der Waals surface area contributed by atoms with Gasteiger partial charge >= 0.3 is 0 Å². The van der Waals surface area contributed by atoms with E-state index in [4.69, 9.17) is 32.2 Å². The molecule has 206 valence electrons. The van der Waals surface area contributed by atoms with Crippen molar-refractivity contribution >= 4 is 40.9 Å². The first kappa shape index (κ1) is 27.3. The quantitative estimate of drug-likeness (QED) is 0.359. The fourth-order valence-corrected chi connectivity index (χ4v) is 5.58. The third-order valence-electron chi connectivity index (χ3n) is 7.81. The lowest BCUT2D eigenvalue weighted by Gasteiger charge is -2.38. The van der Waals surface area contributed by atoms with Gasteiger partial charge in [0.15, 0.2) is 0 Å². The van der Waals surface area contributed by atoms with Gasteiger partial charge in [-0.3, -0.25) is 9.59 Å². The van der Waals surface area contributed by atoms with E-state index < -0.39 is 5.41 Å². The normalized spacial score (nSPS) is 16.8. The first-order valence-corrected chi connectivity index (χ1v) is 13.5. The molecule has 2 saturated heterocycles. The summed E-state index contributed by atoms with van der Waals surface area (Å²) in [5.74, 6) is 1.88. The zero-order valence-electron chi connectivity index (χ0n) is 22.2. The van der Waals surface area contributed by atoms with Crippen LogP contribution < -0.4 is 20.1 Å². The van der Waals surface area contributed by atoms with Crippen LogP contribution >= 0.6 is 11.6 Å². The van der Waals surface area contributed by atoms with Crippen LogP contribution in [0.5, 0.6) is 17.2 Å². The molecule has 9 heteroatoms.